The number of benzene rings is 3. The van der Waals surface area contributed by atoms with Crippen LogP contribution in [0.25, 0.3) is 6.08 Å². The van der Waals surface area contributed by atoms with Crippen LogP contribution in [0.2, 0.25) is 0 Å². The molecule has 4 rings (SSSR count). The maximum Gasteiger partial charge on any atom is 0.416 e. The van der Waals surface area contributed by atoms with E-state index in [-0.39, 0.29) is 68.7 Å². The van der Waals surface area contributed by atoms with E-state index in [2.05, 4.69) is 0 Å². The van der Waals surface area contributed by atoms with Gasteiger partial charge in [0.2, 0.25) is 0 Å². The van der Waals surface area contributed by atoms with Crippen molar-refractivity contribution < 1.29 is 78.8 Å². The van der Waals surface area contributed by atoms with Crippen molar-refractivity contribution in [1.82, 2.24) is 0 Å². The van der Waals surface area contributed by atoms with Gasteiger partial charge < -0.3 is 14.9 Å². The first-order chi connectivity index (χ1) is 17.4. The Bertz CT molecular complexity index is 1270. The van der Waals surface area contributed by atoms with Crippen LogP contribution in [-0.2, 0) is 58.1 Å². The van der Waals surface area contributed by atoms with Gasteiger partial charge in [0, 0.05) is 51.0 Å². The Labute approximate surface area is 239 Å². The van der Waals surface area contributed by atoms with Crippen LogP contribution in [0.15, 0.2) is 66.2 Å². The Morgan fingerprint density at radius 1 is 0.842 bits per heavy atom. The average molecular weight is 613 g/mol. The number of phenols is 1. The first-order valence-corrected chi connectivity index (χ1v) is 10.9. The molecule has 2 N–H and O–H groups in total. The van der Waals surface area contributed by atoms with E-state index < -0.39 is 29.3 Å². The second-order valence-electron chi connectivity index (χ2n) is 8.11. The van der Waals surface area contributed by atoms with E-state index in [4.69, 9.17) is 9.84 Å². The fraction of sp³-hybridized carbons (Fsp3) is 0.222. The van der Waals surface area contributed by atoms with Crippen LogP contribution in [0.1, 0.15) is 44.6 Å². The van der Waals surface area contributed by atoms with E-state index >= 15 is 0 Å². The zero-order valence-corrected chi connectivity index (χ0v) is 22.9. The molecule has 1 radical (unpaired) electrons. The van der Waals surface area contributed by atoms with E-state index in [0.29, 0.717) is 35.4 Å². The van der Waals surface area contributed by atoms with Gasteiger partial charge in [0.15, 0.2) is 5.78 Å². The van der Waals surface area contributed by atoms with Gasteiger partial charge in [-0.3, -0.25) is 4.79 Å². The van der Waals surface area contributed by atoms with Crippen LogP contribution in [0.5, 0.6) is 11.5 Å². The minimum Gasteiger partial charge on any atom is -0.508 e. The zero-order valence-electron chi connectivity index (χ0n) is 20.0. The predicted molar refractivity (Wildman–Crippen MR) is 124 cm³/mol. The fourth-order valence-electron chi connectivity index (χ4n) is 3.80. The van der Waals surface area contributed by atoms with Crippen LogP contribution < -0.4 is 4.74 Å². The summed E-state index contributed by atoms with van der Waals surface area (Å²) in [5.74, 6) is 0.178. The fourth-order valence-corrected chi connectivity index (χ4v) is 3.80. The predicted octanol–water partition coefficient (Wildman–Crippen LogP) is 6.83. The normalized spacial score (nSPS) is 14.2. The van der Waals surface area contributed by atoms with Crippen molar-refractivity contribution in [3.63, 3.8) is 0 Å². The summed E-state index contributed by atoms with van der Waals surface area (Å²) in [6.07, 6.45) is -8.31. The van der Waals surface area contributed by atoms with E-state index in [9.17, 15) is 36.2 Å². The molecule has 0 amide bonds. The maximum atomic E-state index is 13.1. The van der Waals surface area contributed by atoms with Gasteiger partial charge in [0.05, 0.1) is 11.1 Å². The van der Waals surface area contributed by atoms with Gasteiger partial charge in [-0.25, -0.2) is 0 Å². The topological polar surface area (TPSA) is 66.8 Å². The van der Waals surface area contributed by atoms with Gasteiger partial charge in [0.25, 0.3) is 0 Å². The summed E-state index contributed by atoms with van der Waals surface area (Å²) in [6, 6.07) is 12.5. The van der Waals surface area contributed by atoms with Crippen LogP contribution >= 0.6 is 0 Å². The smallest absolute Gasteiger partial charge is 0.416 e. The number of carbonyl (C=O) groups is 1. The van der Waals surface area contributed by atoms with Crippen molar-refractivity contribution in [1.29, 1.82) is 0 Å². The summed E-state index contributed by atoms with van der Waals surface area (Å²) in [5.41, 5.74) is -1.26. The van der Waals surface area contributed by atoms with Crippen molar-refractivity contribution >= 4 is 11.9 Å². The van der Waals surface area contributed by atoms with Crippen molar-refractivity contribution in [2.24, 2.45) is 0 Å². The molecule has 0 spiro atoms. The van der Waals surface area contributed by atoms with Gasteiger partial charge in [0.1, 0.15) is 18.1 Å². The number of rotatable bonds is 4. The SMILES string of the molecule is CO.O=C1/C(=C/c2cc(C(F)(F)F)cc(C(F)(F)F)c2)CCc2cc(OCc3ccc(O)cc3)ccc21.[Y]. The van der Waals surface area contributed by atoms with Gasteiger partial charge in [-0.05, 0) is 84.1 Å². The Hall–Kier alpha value is -2.69. The Balaban J connectivity index is 0.00000165. The van der Waals surface area contributed by atoms with Crippen LogP contribution in [-0.4, -0.2) is 23.1 Å². The van der Waals surface area contributed by atoms with E-state index in [1.54, 1.807) is 24.3 Å². The first-order valence-electron chi connectivity index (χ1n) is 10.9. The molecule has 4 nitrogen and oxygen atoms in total. The molecule has 0 bridgehead atoms. The average Bonchev–Trinajstić information content (AvgIpc) is 2.85. The number of Topliss-reactive ketones (excluding diaryl/α,β-unsaturated/α-hetero) is 1. The van der Waals surface area contributed by atoms with Crippen molar-refractivity contribution in [2.75, 3.05) is 7.11 Å². The molecule has 1 aliphatic carbocycles. The largest absolute Gasteiger partial charge is 0.508 e. The monoisotopic (exact) mass is 613 g/mol. The molecule has 0 aromatic heterocycles. The Kier molecular flexibility index (Phi) is 10.7. The number of aryl methyl sites for hydroxylation is 1. The number of aromatic hydroxyl groups is 1. The summed E-state index contributed by atoms with van der Waals surface area (Å²) in [6.45, 7) is 0.231. The van der Waals surface area contributed by atoms with Crippen LogP contribution in [0.3, 0.4) is 0 Å². The summed E-state index contributed by atoms with van der Waals surface area (Å²) in [7, 11) is 1.00. The molecule has 0 heterocycles. The number of halogens is 6. The summed E-state index contributed by atoms with van der Waals surface area (Å²) in [4.78, 5) is 12.9. The summed E-state index contributed by atoms with van der Waals surface area (Å²) in [5, 5.41) is 16.3. The van der Waals surface area contributed by atoms with Crippen molar-refractivity contribution in [3.8, 4) is 11.5 Å². The van der Waals surface area contributed by atoms with Crippen molar-refractivity contribution in [2.45, 2.75) is 31.8 Å². The second kappa shape index (κ2) is 12.9. The number of phenolic OH excluding ortho intramolecular Hbond substituents is 1. The molecule has 38 heavy (non-hydrogen) atoms. The standard InChI is InChI=1S/C26H18F6O3.CH4O.Y/c27-25(28,29)19-10-16(11-20(13-19)26(30,31)32)9-18-4-3-17-12-22(7-8-23(17)24(18)34)35-14-15-1-5-21(33)6-2-15;1-2;/h1-2,5-13,33H,3-4,14H2;2H,1H3;/b18-9+;;. The molecule has 0 saturated carbocycles. The Morgan fingerprint density at radius 3 is 1.97 bits per heavy atom. The third kappa shape index (κ3) is 7.91. The molecule has 199 valence electrons. The number of alkyl halides is 6. The molecule has 0 aliphatic heterocycles. The van der Waals surface area contributed by atoms with Gasteiger partial charge in [-0.1, -0.05) is 12.1 Å². The minimum atomic E-state index is -4.96. The Morgan fingerprint density at radius 2 is 1.42 bits per heavy atom. The van der Waals surface area contributed by atoms with Crippen molar-refractivity contribution in [3.05, 3.63) is 99.6 Å². The number of hydrogen-bond acceptors (Lipinski definition) is 4. The number of ketones is 1. The number of carbonyl (C=O) groups excluding carboxylic acids is 1. The number of aliphatic hydroxyl groups excluding tert-OH is 1. The van der Waals surface area contributed by atoms with Gasteiger partial charge >= 0.3 is 12.4 Å². The zero-order chi connectivity index (χ0) is 27.4. The molecular formula is C27H22F6O4Y. The molecule has 3 aromatic carbocycles. The summed E-state index contributed by atoms with van der Waals surface area (Å²) < 4.78 is 84.5. The van der Waals surface area contributed by atoms with Crippen LogP contribution in [0.4, 0.5) is 26.3 Å². The second-order valence-corrected chi connectivity index (χ2v) is 8.11. The first kappa shape index (κ1) is 31.5. The number of hydrogen-bond donors (Lipinski definition) is 2. The molecule has 3 aromatic rings. The molecule has 0 unspecified atom stereocenters. The summed E-state index contributed by atoms with van der Waals surface area (Å²) >= 11 is 0. The quantitative estimate of drug-likeness (QED) is 0.250. The molecule has 0 fully saturated rings. The molecule has 11 heteroatoms. The van der Waals surface area contributed by atoms with Gasteiger partial charge in [-0.2, -0.15) is 26.3 Å². The minimum absolute atomic E-state index is 0. The number of ether oxygens (including phenoxy) is 1. The third-order valence-electron chi connectivity index (χ3n) is 5.57. The number of allylic oxidation sites excluding steroid dienone is 1. The van der Waals surface area contributed by atoms with Crippen LogP contribution in [0, 0.1) is 0 Å². The van der Waals surface area contributed by atoms with E-state index in [0.717, 1.165) is 18.7 Å². The maximum absolute atomic E-state index is 13.1. The number of fused-ring (bicyclic) bond motifs is 1. The van der Waals surface area contributed by atoms with Gasteiger partial charge in [-0.15, -0.1) is 0 Å². The molecular weight excluding hydrogens is 591 g/mol. The molecule has 0 atom stereocenters. The third-order valence-corrected chi connectivity index (χ3v) is 5.57. The molecule has 0 saturated heterocycles. The van der Waals surface area contributed by atoms with E-state index in [1.165, 1.54) is 18.2 Å². The number of aliphatic hydroxyl groups is 1. The molecule has 1 aliphatic rings. The van der Waals surface area contributed by atoms with E-state index in [1.807, 2.05) is 0 Å².